The van der Waals surface area contributed by atoms with Crippen molar-refractivity contribution in [2.45, 2.75) is 374 Å². The highest BCUT2D eigenvalue weighted by molar-refractivity contribution is 7.47. The molecule has 0 aromatic rings. The first-order valence-electron chi connectivity index (χ1n) is 36.5. The zero-order chi connectivity index (χ0) is 65.7. The molecule has 17 nitrogen and oxygen atoms in total. The summed E-state index contributed by atoms with van der Waals surface area (Å²) in [4.78, 5) is 72.5. The molecule has 0 radical (unpaired) electrons. The molecule has 0 fully saturated rings. The third kappa shape index (κ3) is 64.6. The van der Waals surface area contributed by atoms with Gasteiger partial charge in [-0.15, -0.1) is 0 Å². The van der Waals surface area contributed by atoms with Crippen LogP contribution in [0.2, 0.25) is 0 Å². The fourth-order valence-electron chi connectivity index (χ4n) is 10.6. The molecule has 0 aromatic carbocycles. The molecule has 0 aliphatic heterocycles. The normalized spacial score (nSPS) is 14.1. The van der Waals surface area contributed by atoms with Crippen LogP contribution in [0.5, 0.6) is 0 Å². The van der Waals surface area contributed by atoms with E-state index in [4.69, 9.17) is 37.0 Å². The van der Waals surface area contributed by atoms with Gasteiger partial charge in [-0.25, -0.2) is 9.13 Å². The molecule has 3 N–H and O–H groups in total. The molecule has 0 saturated heterocycles. The standard InChI is InChI=1S/C70H136O17P2/c1-7-9-11-13-15-17-19-21-22-23-24-26-28-30-34-42-48-54-69(74)86-65(58-80-67(72)52-46-40-33-29-27-25-20-18-16-14-12-10-8-2)60-84-88(76,77)82-56-64(71)57-83-89(78,79)85-61-66(59-81-68(73)53-47-41-37-36-39-45-51-63(5)6)87-70(75)55-49-43-35-31-32-38-44-50-62(3)4/h62-66,71H,7-61H2,1-6H3,(H,76,77)(H,78,79)/t64-,65-,66-/m1/s1. The van der Waals surface area contributed by atoms with Gasteiger partial charge in [-0.1, -0.05) is 305 Å². The number of hydrogen-bond donors (Lipinski definition) is 3. The van der Waals surface area contributed by atoms with Crippen LogP contribution in [0.4, 0.5) is 0 Å². The SMILES string of the molecule is CCCCCCCCCCCCCCCCCCCC(=O)O[C@H](COC(=O)CCCCCCCCCCCCCCC)COP(=O)(O)OC[C@@H](O)COP(=O)(O)OC[C@@H](COC(=O)CCCCCCCCC(C)C)OC(=O)CCCCCCCCCC(C)C. The van der Waals surface area contributed by atoms with Crippen LogP contribution < -0.4 is 0 Å². The molecule has 0 amide bonds. The van der Waals surface area contributed by atoms with E-state index in [2.05, 4.69) is 41.5 Å². The van der Waals surface area contributed by atoms with Gasteiger partial charge in [0.1, 0.15) is 19.3 Å². The van der Waals surface area contributed by atoms with Crippen LogP contribution in [0.1, 0.15) is 356 Å². The van der Waals surface area contributed by atoms with Crippen molar-refractivity contribution >= 4 is 39.5 Å². The summed E-state index contributed by atoms with van der Waals surface area (Å²) in [7, 11) is -9.90. The van der Waals surface area contributed by atoms with E-state index in [1.807, 2.05) is 0 Å². The average molecular weight is 1310 g/mol. The molecule has 89 heavy (non-hydrogen) atoms. The molecule has 0 saturated carbocycles. The van der Waals surface area contributed by atoms with Crippen LogP contribution in [0.25, 0.3) is 0 Å². The molecule has 0 aromatic heterocycles. The Bertz CT molecular complexity index is 1730. The first kappa shape index (κ1) is 87.1. The van der Waals surface area contributed by atoms with E-state index in [9.17, 15) is 43.2 Å². The number of ether oxygens (including phenoxy) is 4. The molecule has 5 atom stereocenters. The summed E-state index contributed by atoms with van der Waals surface area (Å²) in [5, 5.41) is 10.6. The monoisotopic (exact) mass is 1310 g/mol. The lowest BCUT2D eigenvalue weighted by Gasteiger charge is -2.21. The number of aliphatic hydroxyl groups is 1. The smallest absolute Gasteiger partial charge is 0.462 e. The van der Waals surface area contributed by atoms with E-state index < -0.39 is 97.5 Å². The van der Waals surface area contributed by atoms with Crippen LogP contribution in [0, 0.1) is 11.8 Å². The average Bonchev–Trinajstić information content (AvgIpc) is 3.49. The van der Waals surface area contributed by atoms with Gasteiger partial charge in [-0.3, -0.25) is 37.3 Å². The fourth-order valence-corrected chi connectivity index (χ4v) is 12.2. The highest BCUT2D eigenvalue weighted by atomic mass is 31.2. The van der Waals surface area contributed by atoms with Crippen molar-refractivity contribution in [3.8, 4) is 0 Å². The van der Waals surface area contributed by atoms with Gasteiger partial charge in [0.05, 0.1) is 26.4 Å². The van der Waals surface area contributed by atoms with E-state index in [-0.39, 0.29) is 25.7 Å². The number of unbranched alkanes of at least 4 members (excludes halogenated alkanes) is 39. The summed E-state index contributed by atoms with van der Waals surface area (Å²) in [6.07, 6.45) is 47.4. The van der Waals surface area contributed by atoms with Gasteiger partial charge in [-0.05, 0) is 37.5 Å². The van der Waals surface area contributed by atoms with Gasteiger partial charge < -0.3 is 33.8 Å². The van der Waals surface area contributed by atoms with Gasteiger partial charge in [0.25, 0.3) is 0 Å². The predicted octanol–water partition coefficient (Wildman–Crippen LogP) is 20.0. The van der Waals surface area contributed by atoms with E-state index >= 15 is 0 Å². The molecule has 0 rings (SSSR count). The lowest BCUT2D eigenvalue weighted by Crippen LogP contribution is -2.30. The molecule has 0 aliphatic rings. The zero-order valence-corrected chi connectivity index (χ0v) is 59.5. The van der Waals surface area contributed by atoms with Crippen molar-refractivity contribution in [2.75, 3.05) is 39.6 Å². The summed E-state index contributed by atoms with van der Waals surface area (Å²) >= 11 is 0. The van der Waals surface area contributed by atoms with E-state index in [0.29, 0.717) is 37.5 Å². The number of aliphatic hydroxyl groups excluding tert-OH is 1. The Labute approximate surface area is 543 Å². The van der Waals surface area contributed by atoms with Crippen molar-refractivity contribution in [1.82, 2.24) is 0 Å². The highest BCUT2D eigenvalue weighted by Gasteiger charge is 2.30. The maximum absolute atomic E-state index is 13.0. The van der Waals surface area contributed by atoms with Gasteiger partial charge in [-0.2, -0.15) is 0 Å². The Kier molecular flexibility index (Phi) is 60.8. The number of hydrogen-bond acceptors (Lipinski definition) is 15. The third-order valence-electron chi connectivity index (χ3n) is 16.2. The van der Waals surface area contributed by atoms with Crippen molar-refractivity contribution in [3.63, 3.8) is 0 Å². The maximum Gasteiger partial charge on any atom is 0.472 e. The van der Waals surface area contributed by atoms with Gasteiger partial charge in [0.15, 0.2) is 12.2 Å². The zero-order valence-electron chi connectivity index (χ0n) is 57.7. The summed E-state index contributed by atoms with van der Waals surface area (Å²) in [6, 6.07) is 0. The Morgan fingerprint density at radius 3 is 0.764 bits per heavy atom. The van der Waals surface area contributed by atoms with E-state index in [1.54, 1.807) is 0 Å². The summed E-state index contributed by atoms with van der Waals surface area (Å²) in [5.74, 6) is -0.752. The van der Waals surface area contributed by atoms with E-state index in [1.165, 1.54) is 167 Å². The molecular formula is C70H136O17P2. The first-order valence-corrected chi connectivity index (χ1v) is 39.5. The Balaban J connectivity index is 5.22. The van der Waals surface area contributed by atoms with Crippen molar-refractivity contribution < 1.29 is 80.2 Å². The predicted molar refractivity (Wildman–Crippen MR) is 358 cm³/mol. The summed E-state index contributed by atoms with van der Waals surface area (Å²) in [5.41, 5.74) is 0. The lowest BCUT2D eigenvalue weighted by atomic mass is 10.0. The number of esters is 4. The number of phosphoric ester groups is 2. The van der Waals surface area contributed by atoms with Crippen LogP contribution >= 0.6 is 15.6 Å². The van der Waals surface area contributed by atoms with Crippen LogP contribution in [0.3, 0.4) is 0 Å². The topological polar surface area (TPSA) is 237 Å². The minimum absolute atomic E-state index is 0.103. The van der Waals surface area contributed by atoms with Gasteiger partial charge in [0, 0.05) is 25.7 Å². The third-order valence-corrected chi connectivity index (χ3v) is 18.1. The molecule has 19 heteroatoms. The Morgan fingerprint density at radius 2 is 0.517 bits per heavy atom. The van der Waals surface area contributed by atoms with E-state index in [0.717, 1.165) is 96.3 Å². The van der Waals surface area contributed by atoms with Crippen LogP contribution in [-0.4, -0.2) is 96.7 Å². The molecule has 0 spiro atoms. The second kappa shape index (κ2) is 62.2. The Morgan fingerprint density at radius 1 is 0.303 bits per heavy atom. The lowest BCUT2D eigenvalue weighted by molar-refractivity contribution is -0.161. The quantitative estimate of drug-likeness (QED) is 0.0222. The van der Waals surface area contributed by atoms with Gasteiger partial charge >= 0.3 is 39.5 Å². The second-order valence-electron chi connectivity index (χ2n) is 26.2. The molecule has 0 bridgehead atoms. The summed E-state index contributed by atoms with van der Waals surface area (Å²) in [6.45, 7) is 9.40. The maximum atomic E-state index is 13.0. The molecule has 0 heterocycles. The van der Waals surface area contributed by atoms with Crippen molar-refractivity contribution in [3.05, 3.63) is 0 Å². The van der Waals surface area contributed by atoms with Crippen LogP contribution in [-0.2, 0) is 65.4 Å². The number of carbonyl (C=O) groups excluding carboxylic acids is 4. The minimum Gasteiger partial charge on any atom is -0.462 e. The number of carbonyl (C=O) groups is 4. The van der Waals surface area contributed by atoms with Crippen molar-refractivity contribution in [1.29, 1.82) is 0 Å². The Hall–Kier alpha value is -1.94. The molecule has 528 valence electrons. The summed E-state index contributed by atoms with van der Waals surface area (Å²) < 4.78 is 68.2. The minimum atomic E-state index is -4.95. The van der Waals surface area contributed by atoms with Gasteiger partial charge in [0.2, 0.25) is 0 Å². The molecular weight excluding hydrogens is 1170 g/mol. The molecule has 2 unspecified atom stereocenters. The molecule has 0 aliphatic carbocycles. The largest absolute Gasteiger partial charge is 0.472 e. The van der Waals surface area contributed by atoms with Crippen LogP contribution in [0.15, 0.2) is 0 Å². The fraction of sp³-hybridized carbons (Fsp3) is 0.943. The highest BCUT2D eigenvalue weighted by Crippen LogP contribution is 2.45. The second-order valence-corrected chi connectivity index (χ2v) is 29.1. The number of phosphoric acid groups is 2. The number of rotatable bonds is 69. The first-order chi connectivity index (χ1) is 42.9. The van der Waals surface area contributed by atoms with Crippen molar-refractivity contribution in [2.24, 2.45) is 11.8 Å².